The van der Waals surface area contributed by atoms with E-state index in [0.717, 1.165) is 10.0 Å². The number of hydrogen-bond donors (Lipinski definition) is 0. The zero-order chi connectivity index (χ0) is 19.7. The summed E-state index contributed by atoms with van der Waals surface area (Å²) in [6.45, 7) is 0. The highest BCUT2D eigenvalue weighted by Crippen LogP contribution is 2.30. The van der Waals surface area contributed by atoms with Gasteiger partial charge >= 0.3 is 5.97 Å². The van der Waals surface area contributed by atoms with Crippen LogP contribution in [0.1, 0.15) is 11.3 Å². The molecule has 6 nitrogen and oxygen atoms in total. The minimum absolute atomic E-state index is 0.0111. The van der Waals surface area contributed by atoms with E-state index in [1.165, 1.54) is 12.1 Å². The van der Waals surface area contributed by atoms with Crippen molar-refractivity contribution in [3.05, 3.63) is 98.2 Å². The molecule has 2 heterocycles. The monoisotopic (exact) mass is 437 g/mol. The van der Waals surface area contributed by atoms with Gasteiger partial charge in [-0.2, -0.15) is 0 Å². The first-order valence-electron chi connectivity index (χ1n) is 8.26. The van der Waals surface area contributed by atoms with Crippen molar-refractivity contribution in [2.45, 2.75) is 0 Å². The summed E-state index contributed by atoms with van der Waals surface area (Å²) in [7, 11) is 0. The van der Waals surface area contributed by atoms with Crippen LogP contribution in [0, 0.1) is 10.1 Å². The Hall–Kier alpha value is -3.45. The summed E-state index contributed by atoms with van der Waals surface area (Å²) in [6, 6.07) is 17.0. The van der Waals surface area contributed by atoms with Crippen molar-refractivity contribution in [2.75, 3.05) is 0 Å². The Labute approximate surface area is 168 Å². The number of nitro groups is 1. The number of non-ortho nitro benzene ring substituents is 1. The quantitative estimate of drug-likeness (QED) is 0.229. The first kappa shape index (κ1) is 17.9. The summed E-state index contributed by atoms with van der Waals surface area (Å²) in [5.74, 6) is 1.05. The minimum Gasteiger partial charge on any atom is -0.457 e. The van der Waals surface area contributed by atoms with Gasteiger partial charge in [0.1, 0.15) is 17.3 Å². The molecule has 0 saturated heterocycles. The molecule has 0 saturated carbocycles. The van der Waals surface area contributed by atoms with Crippen LogP contribution >= 0.6 is 15.9 Å². The first-order chi connectivity index (χ1) is 13.5. The highest BCUT2D eigenvalue weighted by Gasteiger charge is 2.22. The molecule has 0 spiro atoms. The molecule has 0 atom stereocenters. The van der Waals surface area contributed by atoms with Crippen molar-refractivity contribution in [1.29, 1.82) is 0 Å². The largest absolute Gasteiger partial charge is 0.457 e. The highest BCUT2D eigenvalue weighted by molar-refractivity contribution is 9.10. The summed E-state index contributed by atoms with van der Waals surface area (Å²) in [4.78, 5) is 22.4. The summed E-state index contributed by atoms with van der Waals surface area (Å²) >= 11 is 3.37. The van der Waals surface area contributed by atoms with Gasteiger partial charge in [-0.05, 0) is 48.6 Å². The van der Waals surface area contributed by atoms with Crippen LogP contribution in [0.2, 0.25) is 0 Å². The highest BCUT2D eigenvalue weighted by atomic mass is 79.9. The first-order valence-corrected chi connectivity index (χ1v) is 9.05. The summed E-state index contributed by atoms with van der Waals surface area (Å²) < 4.78 is 12.0. The molecule has 0 bridgehead atoms. The van der Waals surface area contributed by atoms with Crippen molar-refractivity contribution >= 4 is 39.4 Å². The number of hydrogen-bond acceptors (Lipinski definition) is 5. The van der Waals surface area contributed by atoms with E-state index >= 15 is 0 Å². The summed E-state index contributed by atoms with van der Waals surface area (Å²) in [6.07, 6.45) is 3.27. The number of carbonyl (C=O) groups excluding carboxylic acids is 1. The Morgan fingerprint density at radius 3 is 2.29 bits per heavy atom. The molecule has 1 aromatic heterocycles. The Balaban J connectivity index is 1.58. The predicted octanol–water partition coefficient (Wildman–Crippen LogP) is 5.60. The number of halogens is 1. The Morgan fingerprint density at radius 2 is 1.61 bits per heavy atom. The van der Waals surface area contributed by atoms with Crippen molar-refractivity contribution in [2.24, 2.45) is 0 Å². The SMILES string of the molecule is O=C1OC(c2ccc(Br)cc2)=C/C1=C/c1ccc(-c2ccc([N+](=O)[O-])cc2)o1. The van der Waals surface area contributed by atoms with E-state index < -0.39 is 10.9 Å². The van der Waals surface area contributed by atoms with E-state index in [1.54, 1.807) is 36.4 Å². The number of rotatable bonds is 4. The second kappa shape index (κ2) is 7.28. The number of cyclic esters (lactones) is 1. The van der Waals surface area contributed by atoms with Gasteiger partial charge < -0.3 is 9.15 Å². The third-order valence-electron chi connectivity index (χ3n) is 4.14. The molecule has 1 aliphatic rings. The summed E-state index contributed by atoms with van der Waals surface area (Å²) in [5, 5.41) is 10.7. The van der Waals surface area contributed by atoms with E-state index in [9.17, 15) is 14.9 Å². The van der Waals surface area contributed by atoms with E-state index in [0.29, 0.717) is 28.4 Å². The van der Waals surface area contributed by atoms with Gasteiger partial charge in [0.05, 0.1) is 10.5 Å². The molecule has 4 rings (SSSR count). The van der Waals surface area contributed by atoms with Crippen molar-refractivity contribution in [1.82, 2.24) is 0 Å². The zero-order valence-corrected chi connectivity index (χ0v) is 15.9. The molecule has 0 radical (unpaired) electrons. The van der Waals surface area contributed by atoms with Crippen molar-refractivity contribution in [3.63, 3.8) is 0 Å². The smallest absolute Gasteiger partial charge is 0.343 e. The van der Waals surface area contributed by atoms with Gasteiger partial charge in [0.15, 0.2) is 0 Å². The number of esters is 1. The molecule has 0 fully saturated rings. The average Bonchev–Trinajstić information content (AvgIpc) is 3.30. The lowest BCUT2D eigenvalue weighted by Crippen LogP contribution is -1.96. The third kappa shape index (κ3) is 3.65. The van der Waals surface area contributed by atoms with E-state index in [-0.39, 0.29) is 5.69 Å². The number of carbonyl (C=O) groups is 1. The van der Waals surface area contributed by atoms with Gasteiger partial charge in [-0.25, -0.2) is 4.79 Å². The van der Waals surface area contributed by atoms with Crippen molar-refractivity contribution in [3.8, 4) is 11.3 Å². The Morgan fingerprint density at radius 1 is 0.929 bits per heavy atom. The molecule has 2 aromatic carbocycles. The number of nitro benzene ring substituents is 1. The van der Waals surface area contributed by atoms with Crippen molar-refractivity contribution < 1.29 is 18.9 Å². The molecule has 0 amide bonds. The lowest BCUT2D eigenvalue weighted by Gasteiger charge is -2.01. The Bertz CT molecular complexity index is 1120. The van der Waals surface area contributed by atoms with E-state index in [1.807, 2.05) is 24.3 Å². The van der Waals surface area contributed by atoms with Crippen LogP contribution in [0.25, 0.3) is 23.2 Å². The fraction of sp³-hybridized carbons (Fsp3) is 0. The fourth-order valence-electron chi connectivity index (χ4n) is 2.73. The lowest BCUT2D eigenvalue weighted by molar-refractivity contribution is -0.384. The molecule has 7 heteroatoms. The van der Waals surface area contributed by atoms with Gasteiger partial charge in [-0.1, -0.05) is 28.1 Å². The Kier molecular flexibility index (Phi) is 4.67. The standard InChI is InChI=1S/C21H12BrNO5/c22-16-5-1-14(2-6-16)20-12-15(21(24)28-20)11-18-9-10-19(27-18)13-3-7-17(8-4-13)23(25)26/h1-12H/b15-11-. The number of benzene rings is 2. The van der Waals surface area contributed by atoms with Gasteiger partial charge in [-0.15, -0.1) is 0 Å². The maximum atomic E-state index is 12.2. The van der Waals surface area contributed by atoms with E-state index in [2.05, 4.69) is 15.9 Å². The molecular weight excluding hydrogens is 426 g/mol. The zero-order valence-electron chi connectivity index (χ0n) is 14.3. The third-order valence-corrected chi connectivity index (χ3v) is 4.67. The van der Waals surface area contributed by atoms with Gasteiger partial charge in [0, 0.05) is 27.7 Å². The number of furan rings is 1. The number of nitrogens with zero attached hydrogens (tertiary/aromatic N) is 1. The number of ether oxygens (including phenoxy) is 1. The van der Waals surface area contributed by atoms with E-state index in [4.69, 9.17) is 9.15 Å². The van der Waals surface area contributed by atoms with Gasteiger partial charge in [-0.3, -0.25) is 10.1 Å². The molecule has 0 N–H and O–H groups in total. The average molecular weight is 438 g/mol. The van der Waals surface area contributed by atoms with Crippen LogP contribution in [0.4, 0.5) is 5.69 Å². The molecule has 1 aliphatic heterocycles. The normalized spacial score (nSPS) is 14.8. The molecular formula is C21H12BrNO5. The predicted molar refractivity (Wildman–Crippen MR) is 107 cm³/mol. The van der Waals surface area contributed by atoms with Gasteiger partial charge in [0.25, 0.3) is 5.69 Å². The lowest BCUT2D eigenvalue weighted by atomic mass is 10.1. The maximum Gasteiger partial charge on any atom is 0.343 e. The molecule has 138 valence electrons. The second-order valence-electron chi connectivity index (χ2n) is 6.01. The van der Waals surface area contributed by atoms with Crippen LogP contribution in [0.5, 0.6) is 0 Å². The van der Waals surface area contributed by atoms with Crippen LogP contribution in [0.15, 0.2) is 81.2 Å². The summed E-state index contributed by atoms with van der Waals surface area (Å²) in [5.41, 5.74) is 1.89. The van der Waals surface area contributed by atoms with Crippen LogP contribution < -0.4 is 0 Å². The fourth-order valence-corrected chi connectivity index (χ4v) is 3.00. The van der Waals surface area contributed by atoms with Crippen LogP contribution in [0.3, 0.4) is 0 Å². The van der Waals surface area contributed by atoms with Crippen LogP contribution in [-0.4, -0.2) is 10.9 Å². The minimum atomic E-state index is -0.456. The molecule has 0 unspecified atom stereocenters. The molecule has 3 aromatic rings. The second-order valence-corrected chi connectivity index (χ2v) is 6.93. The topological polar surface area (TPSA) is 82.6 Å². The molecule has 0 aliphatic carbocycles. The maximum absolute atomic E-state index is 12.2. The molecule has 28 heavy (non-hydrogen) atoms. The van der Waals surface area contributed by atoms with Gasteiger partial charge in [0.2, 0.25) is 0 Å². The van der Waals surface area contributed by atoms with Crippen LogP contribution in [-0.2, 0) is 9.53 Å².